The van der Waals surface area contributed by atoms with Gasteiger partial charge in [0.1, 0.15) is 0 Å². The van der Waals surface area contributed by atoms with E-state index >= 15 is 0 Å². The molecule has 0 aromatic rings. The fraction of sp³-hybridized carbons (Fsp3) is 0.909. The second-order valence-corrected chi connectivity index (χ2v) is 4.80. The summed E-state index contributed by atoms with van der Waals surface area (Å²) in [6.07, 6.45) is -1.77. The van der Waals surface area contributed by atoms with E-state index < -0.39 is 24.9 Å². The monoisotopic (exact) mass is 252 g/mol. The van der Waals surface area contributed by atoms with Crippen molar-refractivity contribution in [3.05, 3.63) is 0 Å². The van der Waals surface area contributed by atoms with Crippen LogP contribution in [0.3, 0.4) is 0 Å². The molecule has 0 aliphatic heterocycles. The summed E-state index contributed by atoms with van der Waals surface area (Å²) in [6.45, 7) is 0.882. The standard InChI is InChI=1S/C11H19F3N2O/c12-11(13,14)6-3-9(17)16-8-10(7-15)4-1-2-5-10/h1-8,15H2,(H,16,17). The minimum atomic E-state index is -4.27. The summed E-state index contributed by atoms with van der Waals surface area (Å²) in [7, 11) is 0. The van der Waals surface area contributed by atoms with Gasteiger partial charge < -0.3 is 11.1 Å². The quantitative estimate of drug-likeness (QED) is 0.786. The molecule has 3 nitrogen and oxygen atoms in total. The average molecular weight is 252 g/mol. The maximum absolute atomic E-state index is 11.9. The molecule has 1 saturated carbocycles. The zero-order chi connectivity index (χ0) is 12.9. The van der Waals surface area contributed by atoms with Gasteiger partial charge >= 0.3 is 6.18 Å². The molecule has 0 atom stereocenters. The molecule has 1 amide bonds. The number of hydrogen-bond donors (Lipinski definition) is 2. The average Bonchev–Trinajstić information content (AvgIpc) is 2.72. The summed E-state index contributed by atoms with van der Waals surface area (Å²) < 4.78 is 35.7. The van der Waals surface area contributed by atoms with Gasteiger partial charge in [0.05, 0.1) is 6.42 Å². The topological polar surface area (TPSA) is 55.1 Å². The lowest BCUT2D eigenvalue weighted by Crippen LogP contribution is -2.40. The second kappa shape index (κ2) is 5.71. The van der Waals surface area contributed by atoms with Crippen LogP contribution in [0.25, 0.3) is 0 Å². The number of nitrogens with one attached hydrogen (secondary N) is 1. The van der Waals surface area contributed by atoms with E-state index in [-0.39, 0.29) is 5.41 Å². The van der Waals surface area contributed by atoms with Crippen LogP contribution in [0.5, 0.6) is 0 Å². The number of halogens is 3. The van der Waals surface area contributed by atoms with Crippen molar-refractivity contribution in [2.45, 2.75) is 44.7 Å². The summed E-state index contributed by atoms with van der Waals surface area (Å²) in [5, 5.41) is 2.57. The van der Waals surface area contributed by atoms with Crippen LogP contribution in [0.4, 0.5) is 13.2 Å². The van der Waals surface area contributed by atoms with Crippen molar-refractivity contribution >= 4 is 5.91 Å². The summed E-state index contributed by atoms with van der Waals surface area (Å²) in [6, 6.07) is 0. The molecule has 0 saturated heterocycles. The molecule has 1 rings (SSSR count). The van der Waals surface area contributed by atoms with Crippen molar-refractivity contribution in [3.63, 3.8) is 0 Å². The zero-order valence-corrected chi connectivity index (χ0v) is 9.78. The third kappa shape index (κ3) is 4.93. The Morgan fingerprint density at radius 3 is 2.35 bits per heavy atom. The van der Waals surface area contributed by atoms with E-state index in [1.54, 1.807) is 0 Å². The van der Waals surface area contributed by atoms with Gasteiger partial charge in [0.2, 0.25) is 5.91 Å². The lowest BCUT2D eigenvalue weighted by molar-refractivity contribution is -0.144. The number of rotatable bonds is 5. The van der Waals surface area contributed by atoms with Crippen molar-refractivity contribution < 1.29 is 18.0 Å². The molecular weight excluding hydrogens is 233 g/mol. The molecule has 1 aliphatic carbocycles. The van der Waals surface area contributed by atoms with Gasteiger partial charge in [-0.1, -0.05) is 12.8 Å². The first-order chi connectivity index (χ1) is 7.87. The third-order valence-electron chi connectivity index (χ3n) is 3.39. The van der Waals surface area contributed by atoms with E-state index in [0.717, 1.165) is 25.7 Å². The first-order valence-corrected chi connectivity index (χ1v) is 5.90. The van der Waals surface area contributed by atoms with Crippen molar-refractivity contribution in [1.82, 2.24) is 5.32 Å². The lowest BCUT2D eigenvalue weighted by atomic mass is 9.86. The minimum absolute atomic E-state index is 0.0894. The Labute approximate surface area is 98.9 Å². The number of amides is 1. The fourth-order valence-corrected chi connectivity index (χ4v) is 2.21. The normalized spacial score (nSPS) is 19.3. The Morgan fingerprint density at radius 2 is 1.88 bits per heavy atom. The highest BCUT2D eigenvalue weighted by Crippen LogP contribution is 2.36. The van der Waals surface area contributed by atoms with Crippen molar-refractivity contribution in [2.24, 2.45) is 11.1 Å². The molecule has 1 fully saturated rings. The number of nitrogens with two attached hydrogens (primary N) is 1. The van der Waals surface area contributed by atoms with E-state index in [1.807, 2.05) is 0 Å². The highest BCUT2D eigenvalue weighted by Gasteiger charge is 2.33. The molecule has 3 N–H and O–H groups in total. The number of carbonyl (C=O) groups is 1. The van der Waals surface area contributed by atoms with Gasteiger partial charge in [0.25, 0.3) is 0 Å². The van der Waals surface area contributed by atoms with Crippen LogP contribution >= 0.6 is 0 Å². The maximum Gasteiger partial charge on any atom is 0.389 e. The van der Waals surface area contributed by atoms with E-state index in [2.05, 4.69) is 5.32 Å². The first-order valence-electron chi connectivity index (χ1n) is 5.90. The van der Waals surface area contributed by atoms with Crippen LogP contribution in [0, 0.1) is 5.41 Å². The summed E-state index contributed by atoms with van der Waals surface area (Å²) in [4.78, 5) is 11.3. The molecule has 0 aromatic heterocycles. The smallest absolute Gasteiger partial charge is 0.355 e. The van der Waals surface area contributed by atoms with Crippen molar-refractivity contribution in [1.29, 1.82) is 0 Å². The fourth-order valence-electron chi connectivity index (χ4n) is 2.21. The van der Waals surface area contributed by atoms with Crippen LogP contribution < -0.4 is 11.1 Å². The Hall–Kier alpha value is -0.780. The van der Waals surface area contributed by atoms with Crippen LogP contribution in [-0.2, 0) is 4.79 Å². The van der Waals surface area contributed by atoms with Crippen LogP contribution in [0.2, 0.25) is 0 Å². The second-order valence-electron chi connectivity index (χ2n) is 4.80. The molecule has 6 heteroatoms. The summed E-state index contributed by atoms with van der Waals surface area (Å²) in [5.41, 5.74) is 5.58. The van der Waals surface area contributed by atoms with Gasteiger partial charge in [0, 0.05) is 13.0 Å². The van der Waals surface area contributed by atoms with E-state index in [4.69, 9.17) is 5.73 Å². The largest absolute Gasteiger partial charge is 0.389 e. The van der Waals surface area contributed by atoms with E-state index in [9.17, 15) is 18.0 Å². The zero-order valence-electron chi connectivity index (χ0n) is 9.78. The van der Waals surface area contributed by atoms with Crippen molar-refractivity contribution in [2.75, 3.05) is 13.1 Å². The van der Waals surface area contributed by atoms with E-state index in [0.29, 0.717) is 13.1 Å². The van der Waals surface area contributed by atoms with Crippen LogP contribution in [-0.4, -0.2) is 25.2 Å². The van der Waals surface area contributed by atoms with Gasteiger partial charge in [-0.3, -0.25) is 4.79 Å². The first kappa shape index (κ1) is 14.3. The highest BCUT2D eigenvalue weighted by atomic mass is 19.4. The number of hydrogen-bond acceptors (Lipinski definition) is 2. The van der Waals surface area contributed by atoms with Gasteiger partial charge in [-0.2, -0.15) is 13.2 Å². The molecule has 100 valence electrons. The molecule has 0 heterocycles. The molecule has 0 spiro atoms. The number of alkyl halides is 3. The lowest BCUT2D eigenvalue weighted by Gasteiger charge is -2.27. The summed E-state index contributed by atoms with van der Waals surface area (Å²) >= 11 is 0. The summed E-state index contributed by atoms with van der Waals surface area (Å²) in [5.74, 6) is -0.540. The van der Waals surface area contributed by atoms with Gasteiger partial charge in [-0.05, 0) is 24.8 Å². The molecule has 0 aromatic carbocycles. The van der Waals surface area contributed by atoms with Gasteiger partial charge in [-0.25, -0.2) is 0 Å². The predicted octanol–water partition coefficient (Wildman–Crippen LogP) is 1.96. The highest BCUT2D eigenvalue weighted by molar-refractivity contribution is 5.75. The van der Waals surface area contributed by atoms with Crippen molar-refractivity contribution in [3.8, 4) is 0 Å². The minimum Gasteiger partial charge on any atom is -0.355 e. The predicted molar refractivity (Wildman–Crippen MR) is 58.3 cm³/mol. The van der Waals surface area contributed by atoms with E-state index in [1.165, 1.54) is 0 Å². The molecule has 0 unspecified atom stereocenters. The van der Waals surface area contributed by atoms with Crippen LogP contribution in [0.1, 0.15) is 38.5 Å². The van der Waals surface area contributed by atoms with Crippen LogP contribution in [0.15, 0.2) is 0 Å². The third-order valence-corrected chi connectivity index (χ3v) is 3.39. The molecule has 17 heavy (non-hydrogen) atoms. The molecule has 0 radical (unpaired) electrons. The van der Waals surface area contributed by atoms with Gasteiger partial charge in [0.15, 0.2) is 0 Å². The van der Waals surface area contributed by atoms with Gasteiger partial charge in [-0.15, -0.1) is 0 Å². The molecule has 1 aliphatic rings. The molecular formula is C11H19F3N2O. The maximum atomic E-state index is 11.9. The number of carbonyl (C=O) groups excluding carboxylic acids is 1. The SMILES string of the molecule is NCC1(CNC(=O)CCC(F)(F)F)CCCC1. The Balaban J connectivity index is 2.27. The Kier molecular flexibility index (Phi) is 4.80. The Morgan fingerprint density at radius 1 is 1.29 bits per heavy atom. The Bertz CT molecular complexity index is 260. The molecule has 0 bridgehead atoms.